The number of imide groups is 1. The molecule has 0 saturated carbocycles. The second-order valence-electron chi connectivity index (χ2n) is 7.96. The summed E-state index contributed by atoms with van der Waals surface area (Å²) in [5.74, 6) is -0.826. The lowest BCUT2D eigenvalue weighted by atomic mass is 10.0. The van der Waals surface area contributed by atoms with E-state index in [-0.39, 0.29) is 18.2 Å². The molecule has 3 aliphatic heterocycles. The van der Waals surface area contributed by atoms with Crippen LogP contribution in [0.3, 0.4) is 0 Å². The minimum absolute atomic E-state index is 0.152. The number of hydrogen-bond donors (Lipinski definition) is 3. The summed E-state index contributed by atoms with van der Waals surface area (Å²) in [5.41, 5.74) is 3.31. The van der Waals surface area contributed by atoms with Crippen molar-refractivity contribution in [3.8, 4) is 0 Å². The van der Waals surface area contributed by atoms with Crippen molar-refractivity contribution in [2.24, 2.45) is 0 Å². The van der Waals surface area contributed by atoms with Crippen LogP contribution in [-0.2, 0) is 29.2 Å². The highest BCUT2D eigenvalue weighted by atomic mass is 16.2. The van der Waals surface area contributed by atoms with Crippen molar-refractivity contribution >= 4 is 17.7 Å². The zero-order chi connectivity index (χ0) is 20.7. The minimum Gasteiger partial charge on any atom is -0.322 e. The lowest BCUT2D eigenvalue weighted by Gasteiger charge is -2.29. The van der Waals surface area contributed by atoms with Crippen LogP contribution in [0.4, 0.5) is 0 Å². The van der Waals surface area contributed by atoms with E-state index in [1.807, 2.05) is 29.1 Å². The zero-order valence-corrected chi connectivity index (χ0v) is 16.4. The van der Waals surface area contributed by atoms with Crippen LogP contribution < -0.4 is 16.0 Å². The number of amides is 3. The Bertz CT molecular complexity index is 1010. The standard InChI is InChI=1S/C20H23N7O3/c28-17-5-4-16(19(29)23-17)26-10-13-3-1-2-12(18(13)20(26)30)6-21-7-14-11-27(25-24-14)15-8-22-9-15/h1-3,11,15-16,21-22H,4-10H2,(H,23,28,29). The number of piperidine rings is 1. The number of fused-ring (bicyclic) bond motifs is 1. The van der Waals surface area contributed by atoms with Crippen LogP contribution in [0.25, 0.3) is 0 Å². The molecule has 5 rings (SSSR count). The highest BCUT2D eigenvalue weighted by Gasteiger charge is 2.39. The number of carbonyl (C=O) groups excluding carboxylic acids is 3. The first-order valence-corrected chi connectivity index (χ1v) is 10.2. The molecule has 156 valence electrons. The molecule has 3 amide bonds. The van der Waals surface area contributed by atoms with E-state index in [0.717, 1.165) is 29.9 Å². The molecule has 1 atom stereocenters. The Balaban J connectivity index is 1.25. The maximum absolute atomic E-state index is 13.1. The van der Waals surface area contributed by atoms with Crippen molar-refractivity contribution in [1.29, 1.82) is 0 Å². The van der Waals surface area contributed by atoms with Crippen molar-refractivity contribution in [3.05, 3.63) is 46.8 Å². The summed E-state index contributed by atoms with van der Waals surface area (Å²) < 4.78 is 1.88. The topological polar surface area (TPSA) is 121 Å². The molecule has 2 fully saturated rings. The summed E-state index contributed by atoms with van der Waals surface area (Å²) in [6.45, 7) is 3.28. The summed E-state index contributed by atoms with van der Waals surface area (Å²) >= 11 is 0. The monoisotopic (exact) mass is 409 g/mol. The Kier molecular flexibility index (Phi) is 4.80. The summed E-state index contributed by atoms with van der Waals surface area (Å²) in [4.78, 5) is 38.3. The first-order valence-electron chi connectivity index (χ1n) is 10.2. The molecule has 0 radical (unpaired) electrons. The molecule has 30 heavy (non-hydrogen) atoms. The highest BCUT2D eigenvalue weighted by molar-refractivity contribution is 6.05. The fraction of sp³-hybridized carbons (Fsp3) is 0.450. The smallest absolute Gasteiger partial charge is 0.255 e. The largest absolute Gasteiger partial charge is 0.322 e. The third kappa shape index (κ3) is 3.37. The number of hydrogen-bond acceptors (Lipinski definition) is 7. The predicted molar refractivity (Wildman–Crippen MR) is 105 cm³/mol. The number of nitrogens with zero attached hydrogens (tertiary/aromatic N) is 4. The normalized spacial score (nSPS) is 21.5. The molecular weight excluding hydrogens is 386 g/mol. The zero-order valence-electron chi connectivity index (χ0n) is 16.4. The van der Waals surface area contributed by atoms with Gasteiger partial charge in [0.2, 0.25) is 11.8 Å². The Morgan fingerprint density at radius 1 is 1.17 bits per heavy atom. The van der Waals surface area contributed by atoms with Gasteiger partial charge >= 0.3 is 0 Å². The van der Waals surface area contributed by atoms with Gasteiger partial charge in [0.05, 0.1) is 17.9 Å². The van der Waals surface area contributed by atoms with Crippen LogP contribution in [0, 0.1) is 0 Å². The van der Waals surface area contributed by atoms with Gasteiger partial charge in [-0.25, -0.2) is 4.68 Å². The van der Waals surface area contributed by atoms with Crippen molar-refractivity contribution < 1.29 is 14.4 Å². The Morgan fingerprint density at radius 2 is 2.03 bits per heavy atom. The molecular formula is C20H23N7O3. The van der Waals surface area contributed by atoms with Gasteiger partial charge in [-0.15, -0.1) is 5.10 Å². The molecule has 3 aliphatic rings. The molecule has 0 bridgehead atoms. The SMILES string of the molecule is O=C1CCC(N2Cc3cccc(CNCc4cn(C5CNC5)nn4)c3C2=O)C(=O)N1. The molecule has 2 aromatic rings. The van der Waals surface area contributed by atoms with E-state index in [1.165, 1.54) is 0 Å². The van der Waals surface area contributed by atoms with E-state index in [0.29, 0.717) is 37.7 Å². The number of aromatic nitrogens is 3. The van der Waals surface area contributed by atoms with Gasteiger partial charge in [0.15, 0.2) is 0 Å². The Labute approximate surface area is 173 Å². The summed E-state index contributed by atoms with van der Waals surface area (Å²) in [6, 6.07) is 5.55. The molecule has 0 aliphatic carbocycles. The van der Waals surface area contributed by atoms with Crippen LogP contribution in [0.5, 0.6) is 0 Å². The number of carbonyl (C=O) groups is 3. The fourth-order valence-electron chi connectivity index (χ4n) is 4.20. The molecule has 10 nitrogen and oxygen atoms in total. The van der Waals surface area contributed by atoms with Gasteiger partial charge < -0.3 is 15.5 Å². The van der Waals surface area contributed by atoms with E-state index >= 15 is 0 Å². The van der Waals surface area contributed by atoms with Crippen molar-refractivity contribution in [2.45, 2.75) is 44.6 Å². The van der Waals surface area contributed by atoms with Crippen LogP contribution in [0.1, 0.15) is 46.1 Å². The molecule has 2 saturated heterocycles. The quantitative estimate of drug-likeness (QED) is 0.549. The van der Waals surface area contributed by atoms with Gasteiger partial charge in [-0.2, -0.15) is 0 Å². The minimum atomic E-state index is -0.598. The Morgan fingerprint density at radius 3 is 2.80 bits per heavy atom. The van der Waals surface area contributed by atoms with Gasteiger partial charge in [0, 0.05) is 44.7 Å². The van der Waals surface area contributed by atoms with E-state index in [4.69, 9.17) is 0 Å². The van der Waals surface area contributed by atoms with Gasteiger partial charge in [0.1, 0.15) is 6.04 Å². The average molecular weight is 409 g/mol. The van der Waals surface area contributed by atoms with Gasteiger partial charge in [-0.1, -0.05) is 23.4 Å². The van der Waals surface area contributed by atoms with Crippen molar-refractivity contribution in [3.63, 3.8) is 0 Å². The van der Waals surface area contributed by atoms with Crippen LogP contribution in [-0.4, -0.2) is 56.7 Å². The van der Waals surface area contributed by atoms with E-state index in [1.54, 1.807) is 4.90 Å². The van der Waals surface area contributed by atoms with E-state index in [9.17, 15) is 14.4 Å². The first kappa shape index (κ1) is 18.9. The van der Waals surface area contributed by atoms with E-state index < -0.39 is 11.9 Å². The Hall–Kier alpha value is -3.11. The van der Waals surface area contributed by atoms with Gasteiger partial charge in [-0.3, -0.25) is 19.7 Å². The molecule has 0 spiro atoms. The average Bonchev–Trinajstić information content (AvgIpc) is 3.26. The van der Waals surface area contributed by atoms with Crippen molar-refractivity contribution in [2.75, 3.05) is 13.1 Å². The van der Waals surface area contributed by atoms with Crippen molar-refractivity contribution in [1.82, 2.24) is 35.8 Å². The molecule has 1 aromatic carbocycles. The molecule has 1 aromatic heterocycles. The summed E-state index contributed by atoms with van der Waals surface area (Å²) in [5, 5.41) is 17.3. The fourth-order valence-corrected chi connectivity index (χ4v) is 4.20. The molecule has 1 unspecified atom stereocenters. The highest BCUT2D eigenvalue weighted by Crippen LogP contribution is 2.29. The van der Waals surface area contributed by atoms with Crippen LogP contribution >= 0.6 is 0 Å². The summed E-state index contributed by atoms with van der Waals surface area (Å²) in [7, 11) is 0. The first-order chi connectivity index (χ1) is 14.6. The third-order valence-corrected chi connectivity index (χ3v) is 5.95. The molecule has 3 N–H and O–H groups in total. The number of rotatable bonds is 6. The maximum atomic E-state index is 13.1. The summed E-state index contributed by atoms with van der Waals surface area (Å²) in [6.07, 6.45) is 2.57. The number of benzene rings is 1. The molecule has 4 heterocycles. The second kappa shape index (κ2) is 7.62. The van der Waals surface area contributed by atoms with Crippen LogP contribution in [0.15, 0.2) is 24.4 Å². The predicted octanol–water partition coefficient (Wildman–Crippen LogP) is -0.527. The maximum Gasteiger partial charge on any atom is 0.255 e. The second-order valence-corrected chi connectivity index (χ2v) is 7.96. The molecule has 10 heteroatoms. The van der Waals surface area contributed by atoms with Crippen LogP contribution in [0.2, 0.25) is 0 Å². The van der Waals surface area contributed by atoms with Gasteiger partial charge in [-0.05, 0) is 17.5 Å². The lowest BCUT2D eigenvalue weighted by Crippen LogP contribution is -2.52. The number of nitrogens with one attached hydrogen (secondary N) is 3. The third-order valence-electron chi connectivity index (χ3n) is 5.95. The lowest BCUT2D eigenvalue weighted by molar-refractivity contribution is -0.136. The van der Waals surface area contributed by atoms with Gasteiger partial charge in [0.25, 0.3) is 5.91 Å². The van der Waals surface area contributed by atoms with E-state index in [2.05, 4.69) is 26.3 Å².